The van der Waals surface area contributed by atoms with Crippen molar-refractivity contribution in [1.29, 1.82) is 0 Å². The lowest BCUT2D eigenvalue weighted by molar-refractivity contribution is -0.385. The quantitative estimate of drug-likeness (QED) is 0.128. The van der Waals surface area contributed by atoms with Gasteiger partial charge in [0.05, 0.1) is 27.1 Å². The van der Waals surface area contributed by atoms with Crippen LogP contribution in [0.1, 0.15) is 43.1 Å². The molecule has 4 rings (SSSR count). The van der Waals surface area contributed by atoms with Crippen molar-refractivity contribution in [3.63, 3.8) is 0 Å². The Hall–Kier alpha value is -3.63. The molecule has 190 valence electrons. The summed E-state index contributed by atoms with van der Waals surface area (Å²) < 4.78 is 21.4. The maximum atomic E-state index is 13.9. The molecule has 0 aliphatic heterocycles. The van der Waals surface area contributed by atoms with Crippen LogP contribution < -0.4 is 10.3 Å². The molecule has 0 bridgehead atoms. The predicted octanol–water partition coefficient (Wildman–Crippen LogP) is 6.83. The SMILES string of the molecule is CC[C@@H](C)c1nc2ccc(Br)cc2c(=O)n1N=Cc1cc(Cl)c(OCc2ccccc2F)c([N+](=O)[O-])c1. The summed E-state index contributed by atoms with van der Waals surface area (Å²) in [7, 11) is 0. The van der Waals surface area contributed by atoms with Crippen LogP contribution >= 0.6 is 27.5 Å². The van der Waals surface area contributed by atoms with Gasteiger partial charge in [-0.3, -0.25) is 14.9 Å². The minimum atomic E-state index is -0.647. The summed E-state index contributed by atoms with van der Waals surface area (Å²) in [6, 6.07) is 13.8. The zero-order chi connectivity index (χ0) is 26.7. The van der Waals surface area contributed by atoms with Crippen LogP contribution in [0, 0.1) is 15.9 Å². The molecule has 0 aliphatic carbocycles. The maximum Gasteiger partial charge on any atom is 0.313 e. The second-order valence-electron chi connectivity index (χ2n) is 8.29. The summed E-state index contributed by atoms with van der Waals surface area (Å²) in [5, 5.41) is 16.4. The van der Waals surface area contributed by atoms with Crippen molar-refractivity contribution in [2.75, 3.05) is 0 Å². The molecule has 3 aromatic carbocycles. The molecular weight excluding hydrogens is 567 g/mol. The van der Waals surface area contributed by atoms with Crippen LogP contribution in [-0.4, -0.2) is 20.8 Å². The van der Waals surface area contributed by atoms with Crippen LogP contribution in [0.15, 0.2) is 69.0 Å². The van der Waals surface area contributed by atoms with Crippen LogP contribution in [0.2, 0.25) is 5.02 Å². The second-order valence-corrected chi connectivity index (χ2v) is 9.61. The third-order valence-electron chi connectivity index (χ3n) is 5.78. The minimum Gasteiger partial charge on any atom is -0.481 e. The van der Waals surface area contributed by atoms with Gasteiger partial charge in [0, 0.05) is 27.6 Å². The average molecular weight is 588 g/mol. The normalized spacial score (nSPS) is 12.2. The third kappa shape index (κ3) is 5.70. The fourth-order valence-electron chi connectivity index (χ4n) is 3.62. The second kappa shape index (κ2) is 11.2. The lowest BCUT2D eigenvalue weighted by atomic mass is 10.1. The van der Waals surface area contributed by atoms with Gasteiger partial charge in [0.25, 0.3) is 5.56 Å². The molecule has 1 aromatic heterocycles. The molecule has 37 heavy (non-hydrogen) atoms. The van der Waals surface area contributed by atoms with Crippen molar-refractivity contribution in [3.05, 3.63) is 107 Å². The Morgan fingerprint density at radius 2 is 2.03 bits per heavy atom. The summed E-state index contributed by atoms with van der Waals surface area (Å²) in [5.74, 6) is -0.306. The Bertz CT molecular complexity index is 1590. The van der Waals surface area contributed by atoms with Gasteiger partial charge in [-0.2, -0.15) is 9.78 Å². The molecular formula is C26H21BrClFN4O4. The Kier molecular flexibility index (Phi) is 7.99. The molecule has 4 aromatic rings. The molecule has 0 radical (unpaired) electrons. The van der Waals surface area contributed by atoms with Crippen LogP contribution in [0.25, 0.3) is 10.9 Å². The Morgan fingerprint density at radius 3 is 2.73 bits per heavy atom. The summed E-state index contributed by atoms with van der Waals surface area (Å²) >= 11 is 9.70. The fraction of sp³-hybridized carbons (Fsp3) is 0.192. The van der Waals surface area contributed by atoms with E-state index < -0.39 is 16.4 Å². The molecule has 0 amide bonds. The van der Waals surface area contributed by atoms with Crippen molar-refractivity contribution < 1.29 is 14.1 Å². The molecule has 0 unspecified atom stereocenters. The van der Waals surface area contributed by atoms with Gasteiger partial charge >= 0.3 is 5.69 Å². The highest BCUT2D eigenvalue weighted by Gasteiger charge is 2.21. The van der Waals surface area contributed by atoms with Gasteiger partial charge in [-0.05, 0) is 36.8 Å². The van der Waals surface area contributed by atoms with E-state index in [0.717, 1.165) is 10.9 Å². The first kappa shape index (κ1) is 26.4. The van der Waals surface area contributed by atoms with E-state index in [-0.39, 0.29) is 40.0 Å². The van der Waals surface area contributed by atoms with Gasteiger partial charge in [0.1, 0.15) is 18.2 Å². The topological polar surface area (TPSA) is 99.6 Å². The lowest BCUT2D eigenvalue weighted by Gasteiger charge is -2.14. The molecule has 11 heteroatoms. The number of hydrogen-bond donors (Lipinski definition) is 0. The monoisotopic (exact) mass is 586 g/mol. The van der Waals surface area contributed by atoms with Gasteiger partial charge in [0.2, 0.25) is 5.75 Å². The van der Waals surface area contributed by atoms with Crippen molar-refractivity contribution in [3.8, 4) is 5.75 Å². The van der Waals surface area contributed by atoms with Crippen LogP contribution in [0.5, 0.6) is 5.75 Å². The number of halogens is 3. The van der Waals surface area contributed by atoms with E-state index in [0.29, 0.717) is 16.7 Å². The van der Waals surface area contributed by atoms with Crippen molar-refractivity contribution in [1.82, 2.24) is 9.66 Å². The van der Waals surface area contributed by atoms with Gasteiger partial charge in [-0.1, -0.05) is 59.6 Å². The summed E-state index contributed by atoms with van der Waals surface area (Å²) in [4.78, 5) is 29.1. The van der Waals surface area contributed by atoms with E-state index in [9.17, 15) is 19.3 Å². The van der Waals surface area contributed by atoms with E-state index in [4.69, 9.17) is 16.3 Å². The summed E-state index contributed by atoms with van der Waals surface area (Å²) in [6.07, 6.45) is 2.02. The molecule has 0 aliphatic rings. The molecule has 1 atom stereocenters. The molecule has 0 spiro atoms. The predicted molar refractivity (Wildman–Crippen MR) is 144 cm³/mol. The lowest BCUT2D eigenvalue weighted by Crippen LogP contribution is -2.23. The summed E-state index contributed by atoms with van der Waals surface area (Å²) in [6.45, 7) is 3.66. The molecule has 8 nitrogen and oxygen atoms in total. The highest BCUT2D eigenvalue weighted by molar-refractivity contribution is 9.10. The van der Waals surface area contributed by atoms with E-state index in [1.54, 1.807) is 24.3 Å². The first-order valence-corrected chi connectivity index (χ1v) is 12.5. The van der Waals surface area contributed by atoms with Gasteiger partial charge in [0.15, 0.2) is 0 Å². The van der Waals surface area contributed by atoms with E-state index in [1.165, 1.54) is 41.2 Å². The number of rotatable bonds is 8. The van der Waals surface area contributed by atoms with Crippen molar-refractivity contribution in [2.45, 2.75) is 32.8 Å². The standard InChI is InChI=1S/C26H21BrClFN4O4/c1-3-15(2)25-31-22-9-8-18(27)12-19(22)26(34)32(25)30-13-16-10-20(28)24(23(11-16)33(35)36)37-14-17-6-4-5-7-21(17)29/h4-13,15H,3,14H2,1-2H3/t15-/m1/s1. The number of nitro groups is 1. The van der Waals surface area contributed by atoms with Gasteiger partial charge in [-0.25, -0.2) is 9.37 Å². The van der Waals surface area contributed by atoms with Gasteiger partial charge < -0.3 is 4.74 Å². The number of ether oxygens (including phenoxy) is 1. The fourth-order valence-corrected chi connectivity index (χ4v) is 4.26. The van der Waals surface area contributed by atoms with Crippen LogP contribution in [0.4, 0.5) is 10.1 Å². The molecule has 1 heterocycles. The van der Waals surface area contributed by atoms with Crippen molar-refractivity contribution in [2.24, 2.45) is 5.10 Å². The molecule has 0 saturated heterocycles. The van der Waals surface area contributed by atoms with Gasteiger partial charge in [-0.15, -0.1) is 0 Å². The zero-order valence-corrected chi connectivity index (χ0v) is 22.2. The number of fused-ring (bicyclic) bond motifs is 1. The Morgan fingerprint density at radius 1 is 1.27 bits per heavy atom. The largest absolute Gasteiger partial charge is 0.481 e. The molecule has 0 saturated carbocycles. The molecule has 0 fully saturated rings. The van der Waals surface area contributed by atoms with Crippen LogP contribution in [-0.2, 0) is 6.61 Å². The van der Waals surface area contributed by atoms with Crippen molar-refractivity contribution >= 4 is 50.3 Å². The third-order valence-corrected chi connectivity index (χ3v) is 6.56. The van der Waals surface area contributed by atoms with E-state index in [2.05, 4.69) is 26.0 Å². The highest BCUT2D eigenvalue weighted by Crippen LogP contribution is 2.36. The molecule has 0 N–H and O–H groups in total. The first-order valence-electron chi connectivity index (χ1n) is 11.3. The minimum absolute atomic E-state index is 0.0537. The number of nitrogens with zero attached hydrogens (tertiary/aromatic N) is 4. The zero-order valence-electron chi connectivity index (χ0n) is 19.8. The first-order chi connectivity index (χ1) is 17.7. The van der Waals surface area contributed by atoms with Crippen LogP contribution in [0.3, 0.4) is 0 Å². The van der Waals surface area contributed by atoms with E-state index >= 15 is 0 Å². The Labute approximate surface area is 224 Å². The smallest absolute Gasteiger partial charge is 0.313 e. The highest BCUT2D eigenvalue weighted by atomic mass is 79.9. The number of hydrogen-bond acceptors (Lipinski definition) is 6. The maximum absolute atomic E-state index is 13.9. The average Bonchev–Trinajstić information content (AvgIpc) is 2.87. The number of nitro benzene ring substituents is 1. The number of benzene rings is 3. The number of aromatic nitrogens is 2. The summed E-state index contributed by atoms with van der Waals surface area (Å²) in [5.41, 5.74) is 0.255. The Balaban J connectivity index is 1.74. The van der Waals surface area contributed by atoms with E-state index in [1.807, 2.05) is 13.8 Å².